The number of aldehydes is 1. The highest BCUT2D eigenvalue weighted by molar-refractivity contribution is 5.51. The molecule has 0 aliphatic heterocycles. The maximum atomic E-state index is 10.1. The predicted octanol–water partition coefficient (Wildman–Crippen LogP) is 1.12. The Hall–Kier alpha value is -1.17. The van der Waals surface area contributed by atoms with E-state index in [9.17, 15) is 9.70 Å². The van der Waals surface area contributed by atoms with E-state index in [0.717, 1.165) is 0 Å². The van der Waals surface area contributed by atoms with Gasteiger partial charge in [0, 0.05) is 12.8 Å². The molecule has 0 saturated heterocycles. The molecule has 0 aliphatic carbocycles. The molecule has 0 unspecified atom stereocenters. The Morgan fingerprint density at radius 3 is 2.70 bits per heavy atom. The second kappa shape index (κ2) is 3.78. The predicted molar refractivity (Wildman–Crippen MR) is 38.3 cm³/mol. The lowest BCUT2D eigenvalue weighted by Gasteiger charge is -2.13. The van der Waals surface area contributed by atoms with E-state index < -0.39 is 5.54 Å². The summed E-state index contributed by atoms with van der Waals surface area (Å²) in [5.74, 6) is 2.29. The zero-order valence-electron chi connectivity index (χ0n) is 5.83. The van der Waals surface area contributed by atoms with E-state index in [4.69, 9.17) is 6.42 Å². The van der Waals surface area contributed by atoms with Crippen molar-refractivity contribution < 1.29 is 4.79 Å². The Kier molecular flexibility index (Phi) is 3.34. The molecule has 0 amide bonds. The minimum Gasteiger partial charge on any atom is -0.303 e. The summed E-state index contributed by atoms with van der Waals surface area (Å²) in [5, 5.41) is 2.78. The summed E-state index contributed by atoms with van der Waals surface area (Å²) in [7, 11) is 0. The molecule has 0 aromatic carbocycles. The molecule has 0 fully saturated rings. The lowest BCUT2D eigenvalue weighted by atomic mass is 9.96. The van der Waals surface area contributed by atoms with Crippen molar-refractivity contribution in [2.75, 3.05) is 0 Å². The Morgan fingerprint density at radius 1 is 1.80 bits per heavy atom. The van der Waals surface area contributed by atoms with Crippen molar-refractivity contribution in [1.29, 1.82) is 0 Å². The van der Waals surface area contributed by atoms with E-state index >= 15 is 0 Å². The highest BCUT2D eigenvalue weighted by atomic mass is 16.3. The third-order valence-electron chi connectivity index (χ3n) is 1.23. The van der Waals surface area contributed by atoms with Crippen LogP contribution in [0.2, 0.25) is 0 Å². The van der Waals surface area contributed by atoms with Crippen LogP contribution in [0.1, 0.15) is 19.8 Å². The van der Waals surface area contributed by atoms with Gasteiger partial charge < -0.3 is 4.79 Å². The van der Waals surface area contributed by atoms with Crippen LogP contribution in [-0.2, 0) is 4.79 Å². The summed E-state index contributed by atoms with van der Waals surface area (Å²) < 4.78 is 0. The topological polar surface area (TPSA) is 46.5 Å². The molecule has 0 bridgehead atoms. The monoisotopic (exact) mass is 139 g/mol. The van der Waals surface area contributed by atoms with Gasteiger partial charge in [0.05, 0.1) is 0 Å². The van der Waals surface area contributed by atoms with Gasteiger partial charge in [0.1, 0.15) is 11.8 Å². The summed E-state index contributed by atoms with van der Waals surface area (Å²) >= 11 is 0. The first kappa shape index (κ1) is 8.83. The fourth-order valence-corrected chi connectivity index (χ4v) is 0.541. The van der Waals surface area contributed by atoms with E-state index in [2.05, 4.69) is 11.1 Å². The number of hydrogen-bond acceptors (Lipinski definition) is 3. The summed E-state index contributed by atoms with van der Waals surface area (Å²) in [6, 6.07) is 0. The molecule has 0 spiro atoms. The molecule has 3 nitrogen and oxygen atoms in total. The van der Waals surface area contributed by atoms with Crippen molar-refractivity contribution in [1.82, 2.24) is 0 Å². The van der Waals surface area contributed by atoms with Gasteiger partial charge in [-0.2, -0.15) is 4.91 Å². The smallest absolute Gasteiger partial charge is 0.122 e. The van der Waals surface area contributed by atoms with Crippen LogP contribution in [0.5, 0.6) is 0 Å². The first-order valence-corrected chi connectivity index (χ1v) is 2.90. The molecule has 10 heavy (non-hydrogen) atoms. The van der Waals surface area contributed by atoms with Crippen LogP contribution in [0, 0.1) is 17.3 Å². The SMILES string of the molecule is C#CC[C@](C)(CC=O)N=O. The molecule has 0 rings (SSSR count). The van der Waals surface area contributed by atoms with Crippen LogP contribution < -0.4 is 0 Å². The maximum Gasteiger partial charge on any atom is 0.122 e. The van der Waals surface area contributed by atoms with Crippen LogP contribution >= 0.6 is 0 Å². The molecular weight excluding hydrogens is 130 g/mol. The minimum absolute atomic E-state index is 0.0979. The quantitative estimate of drug-likeness (QED) is 0.333. The van der Waals surface area contributed by atoms with Gasteiger partial charge >= 0.3 is 0 Å². The Morgan fingerprint density at radius 2 is 2.40 bits per heavy atom. The minimum atomic E-state index is -0.892. The first-order valence-electron chi connectivity index (χ1n) is 2.90. The third-order valence-corrected chi connectivity index (χ3v) is 1.23. The Bertz CT molecular complexity index is 171. The van der Waals surface area contributed by atoms with Crippen LogP contribution in [0.15, 0.2) is 5.18 Å². The fourth-order valence-electron chi connectivity index (χ4n) is 0.541. The van der Waals surface area contributed by atoms with Crippen molar-refractivity contribution in [2.45, 2.75) is 25.3 Å². The van der Waals surface area contributed by atoms with Crippen LogP contribution in [0.3, 0.4) is 0 Å². The number of terminal acetylenes is 1. The van der Waals surface area contributed by atoms with Gasteiger partial charge in [-0.3, -0.25) is 0 Å². The first-order chi connectivity index (χ1) is 4.68. The molecule has 0 aromatic rings. The lowest BCUT2D eigenvalue weighted by Crippen LogP contribution is -2.20. The molecule has 0 aromatic heterocycles. The van der Waals surface area contributed by atoms with E-state index in [1.807, 2.05) is 0 Å². The summed E-state index contributed by atoms with van der Waals surface area (Å²) in [6.45, 7) is 1.56. The number of nitroso groups, excluding NO2 is 1. The molecule has 1 atom stereocenters. The van der Waals surface area contributed by atoms with Crippen molar-refractivity contribution >= 4 is 6.29 Å². The largest absolute Gasteiger partial charge is 0.303 e. The normalized spacial score (nSPS) is 14.8. The molecule has 0 aliphatic rings. The van der Waals surface area contributed by atoms with Gasteiger partial charge in [-0.25, -0.2) is 0 Å². The molecule has 0 saturated carbocycles. The van der Waals surface area contributed by atoms with Gasteiger partial charge in [0.15, 0.2) is 0 Å². The van der Waals surface area contributed by atoms with E-state index in [0.29, 0.717) is 6.29 Å². The van der Waals surface area contributed by atoms with Gasteiger partial charge in [0.25, 0.3) is 0 Å². The van der Waals surface area contributed by atoms with Crippen molar-refractivity contribution in [3.05, 3.63) is 4.91 Å². The summed E-state index contributed by atoms with van der Waals surface area (Å²) in [6.07, 6.45) is 5.92. The second-order valence-corrected chi connectivity index (χ2v) is 2.34. The number of nitrogens with zero attached hydrogens (tertiary/aromatic N) is 1. The zero-order valence-corrected chi connectivity index (χ0v) is 5.83. The molecule has 0 N–H and O–H groups in total. The molecule has 0 radical (unpaired) electrons. The third kappa shape index (κ3) is 2.40. The number of carbonyl (C=O) groups is 1. The Labute approximate surface area is 59.8 Å². The van der Waals surface area contributed by atoms with Gasteiger partial charge in [-0.15, -0.1) is 12.3 Å². The standard InChI is InChI=1S/C7H9NO2/c1-3-4-7(2,8-10)5-6-9/h1,6H,4-5H2,2H3/t7-/m1/s1. The van der Waals surface area contributed by atoms with Crippen LogP contribution in [-0.4, -0.2) is 11.8 Å². The lowest BCUT2D eigenvalue weighted by molar-refractivity contribution is -0.108. The molecular formula is C7H9NO2. The highest BCUT2D eigenvalue weighted by Gasteiger charge is 2.23. The van der Waals surface area contributed by atoms with Crippen molar-refractivity contribution in [2.24, 2.45) is 5.18 Å². The molecule has 3 heteroatoms. The van der Waals surface area contributed by atoms with Gasteiger partial charge in [-0.05, 0) is 6.92 Å². The van der Waals surface area contributed by atoms with Crippen molar-refractivity contribution in [3.63, 3.8) is 0 Å². The highest BCUT2D eigenvalue weighted by Crippen LogP contribution is 2.17. The van der Waals surface area contributed by atoms with E-state index in [1.165, 1.54) is 0 Å². The fraction of sp³-hybridized carbons (Fsp3) is 0.571. The average Bonchev–Trinajstić information content (AvgIpc) is 1.89. The van der Waals surface area contributed by atoms with Crippen LogP contribution in [0.25, 0.3) is 0 Å². The number of rotatable bonds is 4. The van der Waals surface area contributed by atoms with Crippen molar-refractivity contribution in [3.8, 4) is 12.3 Å². The number of hydrogen-bond donors (Lipinski definition) is 0. The van der Waals surface area contributed by atoms with E-state index in [1.54, 1.807) is 6.92 Å². The van der Waals surface area contributed by atoms with Gasteiger partial charge in [-0.1, -0.05) is 5.18 Å². The summed E-state index contributed by atoms with van der Waals surface area (Å²) in [5.41, 5.74) is -0.892. The van der Waals surface area contributed by atoms with Gasteiger partial charge in [0.2, 0.25) is 0 Å². The zero-order chi connectivity index (χ0) is 8.04. The average molecular weight is 139 g/mol. The van der Waals surface area contributed by atoms with E-state index in [-0.39, 0.29) is 12.8 Å². The van der Waals surface area contributed by atoms with Crippen LogP contribution in [0.4, 0.5) is 0 Å². The molecule has 0 heterocycles. The second-order valence-electron chi connectivity index (χ2n) is 2.34. The Balaban J connectivity index is 4.09. The molecule has 54 valence electrons. The summed E-state index contributed by atoms with van der Waals surface area (Å²) in [4.78, 5) is 20.1. The number of carbonyl (C=O) groups excluding carboxylic acids is 1. The maximum absolute atomic E-state index is 10.1.